The molecule has 0 aromatic rings. The molecule has 1 aliphatic rings. The van der Waals surface area contributed by atoms with E-state index in [4.69, 9.17) is 19.3 Å². The molecule has 1 heterocycles. The first-order valence-corrected chi connectivity index (χ1v) is 7.43. The van der Waals surface area contributed by atoms with E-state index in [-0.39, 0.29) is 0 Å². The van der Waals surface area contributed by atoms with E-state index in [0.29, 0.717) is 0 Å². The maximum Gasteiger partial charge on any atom is 0.264 e. The molecule has 1 fully saturated rings. The minimum atomic E-state index is -3.90. The minimum Gasteiger partial charge on any atom is -0.394 e. The fourth-order valence-electron chi connectivity index (χ4n) is 1.78. The lowest BCUT2D eigenvalue weighted by Crippen LogP contribution is -2.44. The van der Waals surface area contributed by atoms with Crippen LogP contribution in [0.25, 0.3) is 0 Å². The zero-order valence-corrected chi connectivity index (χ0v) is 12.0. The summed E-state index contributed by atoms with van der Waals surface area (Å²) in [5.41, 5.74) is 0. The molecule has 1 rings (SSSR count). The third-order valence-electron chi connectivity index (χ3n) is 2.47. The molecule has 0 unspecified atom stereocenters. The van der Waals surface area contributed by atoms with Crippen molar-refractivity contribution in [1.82, 2.24) is 0 Å². The van der Waals surface area contributed by atoms with E-state index in [1.54, 1.807) is 13.8 Å². The molecule has 7 nitrogen and oxygen atoms in total. The van der Waals surface area contributed by atoms with Crippen LogP contribution in [0, 0.1) is 0 Å². The number of alkyl halides is 1. The standard InChI is InChI=1S/C10H19FO7S/c1-10(2)16-8(9(15-3)17-10)7(11)6(5-12)18-19(4,13)14/h6-9,12H,5H2,1-4H3/t6-,7+,8-,9-/m1/s1. The van der Waals surface area contributed by atoms with Gasteiger partial charge in [-0.05, 0) is 13.8 Å². The molecule has 0 aromatic heterocycles. The van der Waals surface area contributed by atoms with Crippen LogP contribution in [-0.2, 0) is 28.5 Å². The highest BCUT2D eigenvalue weighted by atomic mass is 32.2. The quantitative estimate of drug-likeness (QED) is 0.678. The number of hydrogen-bond donors (Lipinski definition) is 1. The average Bonchev–Trinajstić information content (AvgIpc) is 2.59. The SMILES string of the molecule is CO[C@@H]1OC(C)(C)O[C@@H]1[C@@H](F)[C@@H](CO)OS(C)(=O)=O. The van der Waals surface area contributed by atoms with Crippen LogP contribution in [0.2, 0.25) is 0 Å². The molecule has 4 atom stereocenters. The molecule has 1 aliphatic heterocycles. The third kappa shape index (κ3) is 4.62. The maximum absolute atomic E-state index is 14.2. The van der Waals surface area contributed by atoms with E-state index in [2.05, 4.69) is 4.18 Å². The summed E-state index contributed by atoms with van der Waals surface area (Å²) in [5, 5.41) is 9.04. The van der Waals surface area contributed by atoms with Crippen molar-refractivity contribution in [1.29, 1.82) is 0 Å². The van der Waals surface area contributed by atoms with Gasteiger partial charge >= 0.3 is 0 Å². The summed E-state index contributed by atoms with van der Waals surface area (Å²) in [6, 6.07) is 0. The van der Waals surface area contributed by atoms with Gasteiger partial charge in [0.05, 0.1) is 12.9 Å². The van der Waals surface area contributed by atoms with Gasteiger partial charge in [-0.1, -0.05) is 0 Å². The van der Waals surface area contributed by atoms with Crippen molar-refractivity contribution in [2.24, 2.45) is 0 Å². The fourth-order valence-corrected chi connectivity index (χ4v) is 2.39. The second kappa shape index (κ2) is 5.98. The monoisotopic (exact) mass is 302 g/mol. The van der Waals surface area contributed by atoms with Crippen molar-refractivity contribution in [3.8, 4) is 0 Å². The van der Waals surface area contributed by atoms with Gasteiger partial charge in [-0.2, -0.15) is 8.42 Å². The van der Waals surface area contributed by atoms with E-state index in [9.17, 15) is 12.8 Å². The first-order chi connectivity index (χ1) is 8.59. The summed E-state index contributed by atoms with van der Waals surface area (Å²) >= 11 is 0. The normalized spacial score (nSPS) is 30.2. The largest absolute Gasteiger partial charge is 0.394 e. The summed E-state index contributed by atoms with van der Waals surface area (Å²) in [4.78, 5) is 0. The minimum absolute atomic E-state index is 0.770. The third-order valence-corrected chi connectivity index (χ3v) is 3.06. The zero-order chi connectivity index (χ0) is 14.8. The molecule has 0 aromatic carbocycles. The molecular formula is C10H19FO7S. The lowest BCUT2D eigenvalue weighted by atomic mass is 10.1. The Morgan fingerprint density at radius 3 is 2.42 bits per heavy atom. The summed E-state index contributed by atoms with van der Waals surface area (Å²) in [6.45, 7) is 2.32. The van der Waals surface area contributed by atoms with Crippen LogP contribution in [0.4, 0.5) is 4.39 Å². The summed E-state index contributed by atoms with van der Waals surface area (Å²) in [5.74, 6) is -1.07. The topological polar surface area (TPSA) is 91.3 Å². The Balaban J connectivity index is 2.82. The van der Waals surface area contributed by atoms with Crippen molar-refractivity contribution in [3.05, 3.63) is 0 Å². The number of aliphatic hydroxyl groups is 1. The van der Waals surface area contributed by atoms with E-state index in [0.717, 1.165) is 6.26 Å². The van der Waals surface area contributed by atoms with Crippen molar-refractivity contribution in [2.75, 3.05) is 20.0 Å². The summed E-state index contributed by atoms with van der Waals surface area (Å²) in [6.07, 6.45) is -4.94. The summed E-state index contributed by atoms with van der Waals surface area (Å²) < 4.78 is 56.2. The molecule has 0 amide bonds. The van der Waals surface area contributed by atoms with Crippen LogP contribution < -0.4 is 0 Å². The molecule has 1 saturated heterocycles. The van der Waals surface area contributed by atoms with Gasteiger partial charge in [0.1, 0.15) is 12.2 Å². The molecule has 0 saturated carbocycles. The van der Waals surface area contributed by atoms with Gasteiger partial charge in [-0.3, -0.25) is 4.18 Å². The van der Waals surface area contributed by atoms with Crippen LogP contribution in [-0.4, -0.2) is 64.0 Å². The van der Waals surface area contributed by atoms with Crippen molar-refractivity contribution >= 4 is 10.1 Å². The highest BCUT2D eigenvalue weighted by Crippen LogP contribution is 2.32. The van der Waals surface area contributed by atoms with Gasteiger partial charge in [0.2, 0.25) is 0 Å². The fraction of sp³-hybridized carbons (Fsp3) is 1.00. The number of rotatable bonds is 6. The molecule has 0 bridgehead atoms. The zero-order valence-electron chi connectivity index (χ0n) is 11.2. The summed E-state index contributed by atoms with van der Waals surface area (Å²) in [7, 11) is -2.59. The first-order valence-electron chi connectivity index (χ1n) is 5.61. The molecule has 0 aliphatic carbocycles. The van der Waals surface area contributed by atoms with Gasteiger partial charge in [0.25, 0.3) is 10.1 Å². The highest BCUT2D eigenvalue weighted by molar-refractivity contribution is 7.86. The maximum atomic E-state index is 14.2. The Morgan fingerprint density at radius 2 is 2.00 bits per heavy atom. The highest BCUT2D eigenvalue weighted by Gasteiger charge is 2.49. The van der Waals surface area contributed by atoms with Gasteiger partial charge in [0.15, 0.2) is 18.2 Å². The van der Waals surface area contributed by atoms with Crippen LogP contribution in [0.5, 0.6) is 0 Å². The number of methoxy groups -OCH3 is 1. The Hall–Kier alpha value is -0.320. The predicted molar refractivity (Wildman–Crippen MR) is 62.5 cm³/mol. The van der Waals surface area contributed by atoms with E-state index >= 15 is 0 Å². The molecular weight excluding hydrogens is 283 g/mol. The number of aliphatic hydroxyl groups excluding tert-OH is 1. The van der Waals surface area contributed by atoms with Gasteiger partial charge in [0, 0.05) is 7.11 Å². The second-order valence-corrected chi connectivity index (χ2v) is 6.27. The molecule has 9 heteroatoms. The van der Waals surface area contributed by atoms with E-state index < -0.39 is 47.2 Å². The average molecular weight is 302 g/mol. The lowest BCUT2D eigenvalue weighted by Gasteiger charge is -2.25. The van der Waals surface area contributed by atoms with Gasteiger partial charge < -0.3 is 19.3 Å². The Kier molecular flexibility index (Phi) is 5.27. The number of hydrogen-bond acceptors (Lipinski definition) is 7. The lowest BCUT2D eigenvalue weighted by molar-refractivity contribution is -0.182. The number of ether oxygens (including phenoxy) is 3. The second-order valence-electron chi connectivity index (χ2n) is 4.67. The smallest absolute Gasteiger partial charge is 0.264 e. The van der Waals surface area contributed by atoms with Crippen LogP contribution >= 0.6 is 0 Å². The first kappa shape index (κ1) is 16.7. The van der Waals surface area contributed by atoms with E-state index in [1.165, 1.54) is 7.11 Å². The molecule has 0 spiro atoms. The molecule has 19 heavy (non-hydrogen) atoms. The van der Waals surface area contributed by atoms with Crippen molar-refractivity contribution in [3.63, 3.8) is 0 Å². The van der Waals surface area contributed by atoms with Crippen LogP contribution in [0.1, 0.15) is 13.8 Å². The van der Waals surface area contributed by atoms with Gasteiger partial charge in [-0.25, -0.2) is 4.39 Å². The Bertz CT molecular complexity index is 397. The Labute approximate surface area is 111 Å². The molecule has 1 N–H and O–H groups in total. The van der Waals surface area contributed by atoms with Crippen LogP contribution in [0.3, 0.4) is 0 Å². The molecule has 0 radical (unpaired) electrons. The van der Waals surface area contributed by atoms with E-state index in [1.807, 2.05) is 0 Å². The van der Waals surface area contributed by atoms with Crippen molar-refractivity contribution in [2.45, 2.75) is 44.3 Å². The predicted octanol–water partition coefficient (Wildman–Crippen LogP) is -0.214. The molecule has 114 valence electrons. The van der Waals surface area contributed by atoms with Crippen molar-refractivity contribution < 1.29 is 36.3 Å². The van der Waals surface area contributed by atoms with Crippen LogP contribution in [0.15, 0.2) is 0 Å². The Morgan fingerprint density at radius 1 is 1.42 bits per heavy atom. The number of halogens is 1. The van der Waals surface area contributed by atoms with Gasteiger partial charge in [-0.15, -0.1) is 0 Å².